The predicted octanol–water partition coefficient (Wildman–Crippen LogP) is 3.92. The van der Waals surface area contributed by atoms with Gasteiger partial charge in [-0.25, -0.2) is 22.5 Å². The summed E-state index contributed by atoms with van der Waals surface area (Å²) in [5.41, 5.74) is -1.06. The van der Waals surface area contributed by atoms with Gasteiger partial charge in [-0.3, -0.25) is 14.7 Å². The van der Waals surface area contributed by atoms with E-state index in [0.717, 1.165) is 17.5 Å². The van der Waals surface area contributed by atoms with Crippen molar-refractivity contribution in [1.29, 1.82) is 0 Å². The van der Waals surface area contributed by atoms with Crippen molar-refractivity contribution >= 4 is 27.0 Å². The number of anilines is 1. The van der Waals surface area contributed by atoms with Crippen LogP contribution in [0.2, 0.25) is 0 Å². The number of fused-ring (bicyclic) bond motifs is 1. The Morgan fingerprint density at radius 3 is 2.27 bits per heavy atom. The molecule has 5 aromatic rings. The first kappa shape index (κ1) is 26.8. The minimum Gasteiger partial charge on any atom is -0.373 e. The van der Waals surface area contributed by atoms with E-state index in [1.54, 1.807) is 50.2 Å². The van der Waals surface area contributed by atoms with E-state index in [9.17, 15) is 13.5 Å². The van der Waals surface area contributed by atoms with Crippen LogP contribution in [0.15, 0.2) is 59.4 Å². The highest BCUT2D eigenvalue weighted by Crippen LogP contribution is 2.43. The van der Waals surface area contributed by atoms with E-state index < -0.39 is 26.7 Å². The predicted molar refractivity (Wildman–Crippen MR) is 150 cm³/mol. The molecule has 1 saturated carbocycles. The van der Waals surface area contributed by atoms with Crippen molar-refractivity contribution in [3.05, 3.63) is 89.1 Å². The molecule has 0 spiro atoms. The van der Waals surface area contributed by atoms with Crippen molar-refractivity contribution in [3.63, 3.8) is 0 Å². The molecule has 1 aromatic carbocycles. The highest BCUT2D eigenvalue weighted by molar-refractivity contribution is 7.93. The van der Waals surface area contributed by atoms with Crippen LogP contribution in [0.1, 0.15) is 54.1 Å². The Labute approximate surface area is 235 Å². The average molecular weight is 578 g/mol. The van der Waals surface area contributed by atoms with Crippen molar-refractivity contribution in [1.82, 2.24) is 24.8 Å². The molecule has 212 valence electrons. The van der Waals surface area contributed by atoms with Gasteiger partial charge in [0.15, 0.2) is 11.4 Å². The number of nitrogens with two attached hydrogens (primary N) is 1. The molecule has 11 nitrogen and oxygen atoms in total. The molecule has 0 radical (unpaired) electrons. The van der Waals surface area contributed by atoms with E-state index in [1.165, 1.54) is 18.5 Å². The van der Waals surface area contributed by atoms with Gasteiger partial charge in [0.2, 0.25) is 16.0 Å². The zero-order valence-corrected chi connectivity index (χ0v) is 23.2. The molecule has 4 N–H and O–H groups in total. The number of sulfonamides is 1. The van der Waals surface area contributed by atoms with Crippen LogP contribution in [0.3, 0.4) is 0 Å². The lowest BCUT2D eigenvalue weighted by Crippen LogP contribution is -2.31. The van der Waals surface area contributed by atoms with E-state index >= 15 is 4.39 Å². The maximum absolute atomic E-state index is 16.5. The molecule has 41 heavy (non-hydrogen) atoms. The van der Waals surface area contributed by atoms with Gasteiger partial charge in [0.05, 0.1) is 27.9 Å². The molecule has 13 heteroatoms. The highest BCUT2D eigenvalue weighted by atomic mass is 32.2. The Morgan fingerprint density at radius 2 is 1.73 bits per heavy atom. The molecule has 0 unspecified atom stereocenters. The largest absolute Gasteiger partial charge is 0.373 e. The SMILES string of the molecule is Cc1noc(C)c1-c1cc(C(O)(c2ccccn2)c2ccccn2)c2nc(NS(=O)(=O)C3CCCC3)n(N)c2c1F. The third-order valence-electron chi connectivity index (χ3n) is 7.64. The van der Waals surface area contributed by atoms with Gasteiger partial charge in [0.25, 0.3) is 0 Å². The van der Waals surface area contributed by atoms with Crippen molar-refractivity contribution in [3.8, 4) is 11.1 Å². The number of aryl methyl sites for hydroxylation is 2. The lowest BCUT2D eigenvalue weighted by Gasteiger charge is -2.28. The van der Waals surface area contributed by atoms with Crippen LogP contribution in [0.5, 0.6) is 0 Å². The molecule has 0 amide bonds. The van der Waals surface area contributed by atoms with Gasteiger partial charge in [0, 0.05) is 23.5 Å². The van der Waals surface area contributed by atoms with Gasteiger partial charge in [-0.15, -0.1) is 0 Å². The molecule has 0 bridgehead atoms. The van der Waals surface area contributed by atoms with E-state index in [4.69, 9.17) is 10.4 Å². The molecule has 4 heterocycles. The first-order chi connectivity index (χ1) is 19.6. The third-order valence-corrected chi connectivity index (χ3v) is 9.45. The van der Waals surface area contributed by atoms with Crippen LogP contribution in [0.25, 0.3) is 22.2 Å². The Bertz CT molecular complexity index is 1790. The number of benzene rings is 1. The van der Waals surface area contributed by atoms with Gasteiger partial charge < -0.3 is 15.5 Å². The second kappa shape index (κ2) is 9.93. The zero-order chi connectivity index (χ0) is 28.9. The fraction of sp³-hybridized carbons (Fsp3) is 0.286. The molecule has 1 aliphatic carbocycles. The quantitative estimate of drug-likeness (QED) is 0.243. The standard InChI is InChI=1S/C28H28FN7O4S/c1-16-23(17(2)40-34-16)19-15-20(28(37,21-11-5-7-13-31-21)22-12-6-8-14-32-22)25-26(24(19)29)36(30)27(33-25)35-41(38,39)18-9-3-4-10-18/h5-8,11-15,18,37H,3-4,9-10,30H2,1-2H3,(H,33,35). The summed E-state index contributed by atoms with van der Waals surface area (Å²) >= 11 is 0. The fourth-order valence-electron chi connectivity index (χ4n) is 5.60. The molecular weight excluding hydrogens is 549 g/mol. The Kier molecular flexibility index (Phi) is 6.50. The summed E-state index contributed by atoms with van der Waals surface area (Å²) in [5.74, 6) is 5.64. The maximum Gasteiger partial charge on any atom is 0.237 e. The monoisotopic (exact) mass is 577 g/mol. The van der Waals surface area contributed by atoms with Crippen LogP contribution in [0, 0.1) is 19.7 Å². The summed E-state index contributed by atoms with van der Waals surface area (Å²) in [5, 5.41) is 15.9. The lowest BCUT2D eigenvalue weighted by atomic mass is 9.83. The smallest absolute Gasteiger partial charge is 0.237 e. The Morgan fingerprint density at radius 1 is 1.10 bits per heavy atom. The van der Waals surface area contributed by atoms with Crippen LogP contribution >= 0.6 is 0 Å². The molecule has 6 rings (SSSR count). The number of aromatic nitrogens is 5. The second-order valence-electron chi connectivity index (χ2n) is 10.2. The summed E-state index contributed by atoms with van der Waals surface area (Å²) in [6, 6.07) is 11.5. The number of nitrogens with zero attached hydrogens (tertiary/aromatic N) is 5. The maximum atomic E-state index is 16.5. The number of nitrogen functional groups attached to an aromatic ring is 1. The van der Waals surface area contributed by atoms with Crippen LogP contribution in [0.4, 0.5) is 10.3 Å². The molecule has 0 aliphatic heterocycles. The van der Waals surface area contributed by atoms with E-state index in [0.29, 0.717) is 29.9 Å². The van der Waals surface area contributed by atoms with Gasteiger partial charge in [-0.05, 0) is 57.0 Å². The van der Waals surface area contributed by atoms with Crippen LogP contribution in [-0.4, -0.2) is 43.6 Å². The van der Waals surface area contributed by atoms with Crippen LogP contribution < -0.4 is 10.6 Å². The van der Waals surface area contributed by atoms with Gasteiger partial charge >= 0.3 is 0 Å². The third kappa shape index (κ3) is 4.32. The summed E-state index contributed by atoms with van der Waals surface area (Å²) < 4.78 is 51.5. The average Bonchev–Trinajstić information content (AvgIpc) is 3.71. The Balaban J connectivity index is 1.69. The summed E-state index contributed by atoms with van der Waals surface area (Å²) in [6.07, 6.45) is 5.64. The van der Waals surface area contributed by atoms with Crippen molar-refractivity contribution < 1.29 is 22.4 Å². The molecule has 1 aliphatic rings. The molecular formula is C28H28FN7O4S. The zero-order valence-electron chi connectivity index (χ0n) is 22.4. The topological polar surface area (TPSA) is 162 Å². The minimum absolute atomic E-state index is 0.0332. The molecule has 0 atom stereocenters. The Hall–Kier alpha value is -4.36. The molecule has 0 saturated heterocycles. The number of hydrogen-bond donors (Lipinski definition) is 3. The molecule has 1 fully saturated rings. The van der Waals surface area contributed by atoms with E-state index in [2.05, 4.69) is 24.8 Å². The van der Waals surface area contributed by atoms with Crippen molar-refractivity contribution in [2.45, 2.75) is 50.4 Å². The lowest BCUT2D eigenvalue weighted by molar-refractivity contribution is 0.117. The van der Waals surface area contributed by atoms with Crippen molar-refractivity contribution in [2.24, 2.45) is 0 Å². The number of aliphatic hydroxyl groups is 1. The highest BCUT2D eigenvalue weighted by Gasteiger charge is 2.41. The first-order valence-electron chi connectivity index (χ1n) is 13.1. The number of hydrogen-bond acceptors (Lipinski definition) is 9. The van der Waals surface area contributed by atoms with Crippen LogP contribution in [-0.2, 0) is 15.6 Å². The second-order valence-corrected chi connectivity index (χ2v) is 12.1. The summed E-state index contributed by atoms with van der Waals surface area (Å²) in [4.78, 5) is 13.3. The van der Waals surface area contributed by atoms with E-state index in [-0.39, 0.29) is 39.5 Å². The number of imidazole rings is 1. The normalized spacial score (nSPS) is 14.6. The number of pyridine rings is 2. The number of rotatable bonds is 7. The summed E-state index contributed by atoms with van der Waals surface area (Å²) in [7, 11) is -3.86. The van der Waals surface area contributed by atoms with E-state index in [1.807, 2.05) is 0 Å². The molecule has 4 aromatic heterocycles. The number of halogens is 1. The summed E-state index contributed by atoms with van der Waals surface area (Å²) in [6.45, 7) is 3.31. The van der Waals surface area contributed by atoms with Gasteiger partial charge in [-0.1, -0.05) is 30.1 Å². The van der Waals surface area contributed by atoms with Gasteiger partial charge in [-0.2, -0.15) is 0 Å². The van der Waals surface area contributed by atoms with Gasteiger partial charge in [0.1, 0.15) is 16.8 Å². The fourth-order valence-corrected chi connectivity index (χ4v) is 7.12. The van der Waals surface area contributed by atoms with Crippen molar-refractivity contribution in [2.75, 3.05) is 10.6 Å². The minimum atomic E-state index is -3.86. The number of nitrogens with one attached hydrogen (secondary N) is 1. The first-order valence-corrected chi connectivity index (χ1v) is 14.7.